The number of benzene rings is 1. The Kier molecular flexibility index (Phi) is 2.56. The number of rotatable bonds is 1. The van der Waals surface area contributed by atoms with E-state index in [4.69, 9.17) is 9.31 Å². The van der Waals surface area contributed by atoms with Crippen LogP contribution in [0.15, 0.2) is 12.1 Å². The standard InChI is InChI=1S/C17H22BNO3/c1-10-12(18-21-15(2,3)16(4,5)22-18)7-6-11-13(10)19-14(20)17(11)8-9-17/h6-7H,8-9H2,1-5H3,(H,19,20). The summed E-state index contributed by atoms with van der Waals surface area (Å²) in [6.45, 7) is 10.3. The average Bonchev–Trinajstić information content (AvgIpc) is 3.10. The lowest BCUT2D eigenvalue weighted by atomic mass is 9.74. The van der Waals surface area contributed by atoms with Gasteiger partial charge in [-0.25, -0.2) is 0 Å². The van der Waals surface area contributed by atoms with Crippen LogP contribution in [-0.2, 0) is 19.5 Å². The van der Waals surface area contributed by atoms with Gasteiger partial charge in [-0.15, -0.1) is 0 Å². The lowest BCUT2D eigenvalue weighted by molar-refractivity contribution is -0.117. The molecule has 1 saturated carbocycles. The number of hydrogen-bond acceptors (Lipinski definition) is 3. The Bertz CT molecular complexity index is 675. The molecule has 1 saturated heterocycles. The molecule has 3 aliphatic rings. The SMILES string of the molecule is Cc1c(B2OC(C)(C)C(C)(C)O2)ccc2c1NC(=O)C21CC1. The highest BCUT2D eigenvalue weighted by molar-refractivity contribution is 6.63. The minimum Gasteiger partial charge on any atom is -0.399 e. The van der Waals surface area contributed by atoms with Crippen LogP contribution in [0.1, 0.15) is 51.7 Å². The highest BCUT2D eigenvalue weighted by atomic mass is 16.7. The van der Waals surface area contributed by atoms with Gasteiger partial charge < -0.3 is 14.6 Å². The van der Waals surface area contributed by atoms with Gasteiger partial charge in [-0.1, -0.05) is 12.1 Å². The predicted octanol–water partition coefficient (Wildman–Crippen LogP) is 2.28. The highest BCUT2D eigenvalue weighted by Crippen LogP contribution is 2.55. The van der Waals surface area contributed by atoms with E-state index in [2.05, 4.69) is 45.1 Å². The van der Waals surface area contributed by atoms with E-state index in [1.54, 1.807) is 0 Å². The monoisotopic (exact) mass is 299 g/mol. The van der Waals surface area contributed by atoms with Crippen molar-refractivity contribution >= 4 is 24.2 Å². The van der Waals surface area contributed by atoms with Gasteiger partial charge in [0.1, 0.15) is 0 Å². The van der Waals surface area contributed by atoms with E-state index in [-0.39, 0.29) is 29.6 Å². The molecular weight excluding hydrogens is 277 g/mol. The van der Waals surface area contributed by atoms with Crippen LogP contribution in [0, 0.1) is 6.92 Å². The lowest BCUT2D eigenvalue weighted by Crippen LogP contribution is -2.41. The zero-order valence-corrected chi connectivity index (χ0v) is 13.9. The second-order valence-electron chi connectivity index (χ2n) is 7.83. The van der Waals surface area contributed by atoms with Crippen molar-refractivity contribution in [3.05, 3.63) is 23.3 Å². The molecule has 0 radical (unpaired) electrons. The Labute approximate surface area is 131 Å². The van der Waals surface area contributed by atoms with E-state index >= 15 is 0 Å². The average molecular weight is 299 g/mol. The fourth-order valence-electron chi connectivity index (χ4n) is 3.49. The molecule has 1 N–H and O–H groups in total. The normalized spacial score (nSPS) is 26.2. The van der Waals surface area contributed by atoms with E-state index in [1.807, 2.05) is 6.92 Å². The molecule has 2 fully saturated rings. The van der Waals surface area contributed by atoms with Crippen LogP contribution in [0.3, 0.4) is 0 Å². The van der Waals surface area contributed by atoms with Crippen LogP contribution >= 0.6 is 0 Å². The Morgan fingerprint density at radius 2 is 1.68 bits per heavy atom. The Morgan fingerprint density at radius 3 is 2.23 bits per heavy atom. The van der Waals surface area contributed by atoms with Crippen LogP contribution in [0.2, 0.25) is 0 Å². The van der Waals surface area contributed by atoms with Crippen LogP contribution in [0.4, 0.5) is 5.69 Å². The van der Waals surface area contributed by atoms with Crippen molar-refractivity contribution in [1.29, 1.82) is 0 Å². The van der Waals surface area contributed by atoms with Gasteiger partial charge in [-0.05, 0) is 64.1 Å². The van der Waals surface area contributed by atoms with E-state index in [9.17, 15) is 4.79 Å². The molecule has 2 aliphatic heterocycles. The minimum atomic E-state index is -0.386. The molecule has 22 heavy (non-hydrogen) atoms. The number of amides is 1. The summed E-state index contributed by atoms with van der Waals surface area (Å²) in [5.41, 5.74) is 3.23. The predicted molar refractivity (Wildman–Crippen MR) is 86.4 cm³/mol. The second-order valence-corrected chi connectivity index (χ2v) is 7.83. The summed E-state index contributed by atoms with van der Waals surface area (Å²) in [7, 11) is -0.386. The van der Waals surface area contributed by atoms with Crippen LogP contribution in [0.25, 0.3) is 0 Å². The molecule has 1 amide bonds. The zero-order chi connectivity index (χ0) is 15.9. The second kappa shape index (κ2) is 3.95. The van der Waals surface area contributed by atoms with Gasteiger partial charge in [0.2, 0.25) is 5.91 Å². The first-order chi connectivity index (χ1) is 10.2. The minimum absolute atomic E-state index is 0.150. The molecule has 1 aromatic rings. The summed E-state index contributed by atoms with van der Waals surface area (Å²) >= 11 is 0. The molecule has 5 heteroatoms. The quantitative estimate of drug-likeness (QED) is 0.809. The van der Waals surface area contributed by atoms with Crippen LogP contribution in [0.5, 0.6) is 0 Å². The Morgan fingerprint density at radius 1 is 1.09 bits per heavy atom. The van der Waals surface area contributed by atoms with Gasteiger partial charge in [0.05, 0.1) is 16.6 Å². The molecule has 116 valence electrons. The molecule has 1 spiro atoms. The molecule has 0 unspecified atom stereocenters. The maximum atomic E-state index is 12.2. The van der Waals surface area contributed by atoms with Gasteiger partial charge in [0, 0.05) is 5.69 Å². The van der Waals surface area contributed by atoms with Crippen molar-refractivity contribution in [1.82, 2.24) is 0 Å². The maximum absolute atomic E-state index is 12.2. The lowest BCUT2D eigenvalue weighted by Gasteiger charge is -2.32. The summed E-state index contributed by atoms with van der Waals surface area (Å²) in [4.78, 5) is 12.2. The van der Waals surface area contributed by atoms with Gasteiger partial charge in [-0.3, -0.25) is 4.79 Å². The number of nitrogens with one attached hydrogen (secondary N) is 1. The van der Waals surface area contributed by atoms with E-state index in [1.165, 1.54) is 0 Å². The number of carbonyl (C=O) groups is 1. The van der Waals surface area contributed by atoms with E-state index in [0.29, 0.717) is 0 Å². The van der Waals surface area contributed by atoms with Crippen molar-refractivity contribution in [3.8, 4) is 0 Å². The van der Waals surface area contributed by atoms with Gasteiger partial charge >= 0.3 is 7.12 Å². The third kappa shape index (κ3) is 1.64. The van der Waals surface area contributed by atoms with Gasteiger partial charge in [0.15, 0.2) is 0 Å². The van der Waals surface area contributed by atoms with Gasteiger partial charge in [0.25, 0.3) is 0 Å². The van der Waals surface area contributed by atoms with E-state index < -0.39 is 0 Å². The fourth-order valence-corrected chi connectivity index (χ4v) is 3.49. The summed E-state index contributed by atoms with van der Waals surface area (Å²) < 4.78 is 12.3. The topological polar surface area (TPSA) is 47.6 Å². The van der Waals surface area contributed by atoms with Crippen molar-refractivity contribution < 1.29 is 14.1 Å². The third-order valence-electron chi connectivity index (χ3n) is 5.95. The van der Waals surface area contributed by atoms with Gasteiger partial charge in [-0.2, -0.15) is 0 Å². The van der Waals surface area contributed by atoms with Crippen LogP contribution < -0.4 is 10.8 Å². The van der Waals surface area contributed by atoms with Crippen molar-refractivity contribution in [2.75, 3.05) is 5.32 Å². The zero-order valence-electron chi connectivity index (χ0n) is 13.9. The van der Waals surface area contributed by atoms with Crippen LogP contribution in [-0.4, -0.2) is 24.2 Å². The maximum Gasteiger partial charge on any atom is 0.495 e. The van der Waals surface area contributed by atoms with Crippen molar-refractivity contribution in [3.63, 3.8) is 0 Å². The highest BCUT2D eigenvalue weighted by Gasteiger charge is 2.57. The molecule has 1 aliphatic carbocycles. The fraction of sp³-hybridized carbons (Fsp3) is 0.588. The molecule has 1 aromatic carbocycles. The number of anilines is 1. The molecule has 0 aromatic heterocycles. The van der Waals surface area contributed by atoms with Crippen molar-refractivity contribution in [2.24, 2.45) is 0 Å². The van der Waals surface area contributed by atoms with Crippen molar-refractivity contribution in [2.45, 2.75) is 64.1 Å². The molecular formula is C17H22BNO3. The Balaban J connectivity index is 1.75. The summed E-state index contributed by atoms with van der Waals surface area (Å²) in [5, 5.41) is 3.07. The first-order valence-corrected chi connectivity index (χ1v) is 7.99. The number of fused-ring (bicyclic) bond motifs is 2. The molecule has 2 heterocycles. The molecule has 0 bridgehead atoms. The molecule has 4 rings (SSSR count). The summed E-state index contributed by atoms with van der Waals surface area (Å²) in [5.74, 6) is 0.150. The summed E-state index contributed by atoms with van der Waals surface area (Å²) in [6, 6.07) is 4.14. The largest absolute Gasteiger partial charge is 0.495 e. The van der Waals surface area contributed by atoms with E-state index in [0.717, 1.165) is 35.1 Å². The number of hydrogen-bond donors (Lipinski definition) is 1. The first-order valence-electron chi connectivity index (χ1n) is 7.99. The first kappa shape index (κ1) is 14.3. The molecule has 4 nitrogen and oxygen atoms in total. The molecule has 0 atom stereocenters. The Hall–Kier alpha value is -1.33. The number of carbonyl (C=O) groups excluding carboxylic acids is 1. The smallest absolute Gasteiger partial charge is 0.399 e. The third-order valence-corrected chi connectivity index (χ3v) is 5.95. The summed E-state index contributed by atoms with van der Waals surface area (Å²) in [6.07, 6.45) is 1.92.